The highest BCUT2D eigenvalue weighted by Crippen LogP contribution is 2.49. The van der Waals surface area contributed by atoms with E-state index in [1.54, 1.807) is 74.0 Å². The van der Waals surface area contributed by atoms with E-state index in [2.05, 4.69) is 10.3 Å². The quantitative estimate of drug-likeness (QED) is 0.713. The fourth-order valence-electron chi connectivity index (χ4n) is 3.72. The Balaban J connectivity index is 2.03. The zero-order valence-corrected chi connectivity index (χ0v) is 16.4. The summed E-state index contributed by atoms with van der Waals surface area (Å²) in [6.45, 7) is 0.173. The van der Waals surface area contributed by atoms with Gasteiger partial charge < -0.3 is 14.8 Å². The van der Waals surface area contributed by atoms with Crippen LogP contribution >= 0.6 is 0 Å². The maximum Gasteiger partial charge on any atom is 0.194 e. The highest BCUT2D eigenvalue weighted by molar-refractivity contribution is 7.92. The van der Waals surface area contributed by atoms with E-state index in [9.17, 15) is 8.42 Å². The lowest BCUT2D eigenvalue weighted by Gasteiger charge is -2.30. The predicted molar refractivity (Wildman–Crippen MR) is 107 cm³/mol. The van der Waals surface area contributed by atoms with Gasteiger partial charge in [-0.05, 0) is 35.9 Å². The number of hydrogen-bond donors (Lipinski definition) is 1. The van der Waals surface area contributed by atoms with Gasteiger partial charge in [0.1, 0.15) is 10.6 Å². The fourth-order valence-corrected chi connectivity index (χ4v) is 5.79. The van der Waals surface area contributed by atoms with Gasteiger partial charge in [0.05, 0.1) is 19.1 Å². The van der Waals surface area contributed by atoms with Gasteiger partial charge in [-0.2, -0.15) is 0 Å². The maximum atomic E-state index is 13.9. The number of pyridine rings is 1. The first kappa shape index (κ1) is 18.3. The summed E-state index contributed by atoms with van der Waals surface area (Å²) in [4.78, 5) is 4.59. The summed E-state index contributed by atoms with van der Waals surface area (Å²) in [5.74, 6) is 1.58. The number of benzene rings is 2. The van der Waals surface area contributed by atoms with E-state index in [-0.39, 0.29) is 11.4 Å². The Labute approximate surface area is 164 Å². The summed E-state index contributed by atoms with van der Waals surface area (Å²) in [6, 6.07) is 17.3. The molecule has 1 aliphatic rings. The SMILES string of the molecule is COc1ccc(C2(S(=O)(=O)c3ccccc3)CNc3ncccc32)cc1OC. The molecule has 1 aliphatic heterocycles. The minimum absolute atomic E-state index is 0.173. The van der Waals surface area contributed by atoms with Crippen molar-refractivity contribution in [2.75, 3.05) is 26.1 Å². The minimum atomic E-state index is -3.81. The van der Waals surface area contributed by atoms with Crippen LogP contribution < -0.4 is 14.8 Å². The summed E-state index contributed by atoms with van der Waals surface area (Å²) < 4.78 is 37.3. The highest BCUT2D eigenvalue weighted by atomic mass is 32.2. The standard InChI is InChI=1S/C21H20N2O4S/c1-26-18-11-10-15(13-19(18)27-2)21(14-23-20-17(21)9-6-12-22-20)28(24,25)16-7-4-3-5-8-16/h3-13H,14H2,1-2H3,(H,22,23). The van der Waals surface area contributed by atoms with E-state index >= 15 is 0 Å². The maximum absolute atomic E-state index is 13.9. The van der Waals surface area contributed by atoms with Gasteiger partial charge in [0, 0.05) is 18.3 Å². The molecule has 0 spiro atoms. The second-order valence-corrected chi connectivity index (χ2v) is 8.64. The topological polar surface area (TPSA) is 77.5 Å². The van der Waals surface area contributed by atoms with Crippen LogP contribution in [0.1, 0.15) is 11.1 Å². The van der Waals surface area contributed by atoms with Gasteiger partial charge in [-0.3, -0.25) is 0 Å². The molecule has 0 fully saturated rings. The number of ether oxygens (including phenoxy) is 2. The molecule has 3 aromatic rings. The van der Waals surface area contributed by atoms with E-state index in [1.807, 2.05) is 0 Å². The van der Waals surface area contributed by atoms with E-state index in [0.29, 0.717) is 28.4 Å². The van der Waals surface area contributed by atoms with Crippen LogP contribution in [0.25, 0.3) is 0 Å². The molecule has 6 nitrogen and oxygen atoms in total. The Morgan fingerprint density at radius 1 is 0.964 bits per heavy atom. The Morgan fingerprint density at radius 3 is 2.43 bits per heavy atom. The van der Waals surface area contributed by atoms with Gasteiger partial charge in [0.25, 0.3) is 0 Å². The fraction of sp³-hybridized carbons (Fsp3) is 0.190. The van der Waals surface area contributed by atoms with Crippen LogP contribution in [0.3, 0.4) is 0 Å². The van der Waals surface area contributed by atoms with Gasteiger partial charge in [0.15, 0.2) is 21.3 Å². The zero-order valence-electron chi connectivity index (χ0n) is 15.5. The number of rotatable bonds is 5. The van der Waals surface area contributed by atoms with Crippen LogP contribution in [0.15, 0.2) is 71.8 Å². The lowest BCUT2D eigenvalue weighted by molar-refractivity contribution is 0.354. The second kappa shape index (κ2) is 6.83. The third-order valence-electron chi connectivity index (χ3n) is 5.11. The van der Waals surface area contributed by atoms with Crippen LogP contribution in [0.5, 0.6) is 11.5 Å². The molecule has 0 amide bonds. The highest BCUT2D eigenvalue weighted by Gasteiger charge is 2.53. The summed E-state index contributed by atoms with van der Waals surface area (Å²) in [5.41, 5.74) is 1.21. The summed E-state index contributed by atoms with van der Waals surface area (Å²) >= 11 is 0. The van der Waals surface area contributed by atoms with Crippen molar-refractivity contribution in [3.63, 3.8) is 0 Å². The Morgan fingerprint density at radius 2 is 1.71 bits per heavy atom. The third-order valence-corrected chi connectivity index (χ3v) is 7.52. The molecule has 0 aliphatic carbocycles. The van der Waals surface area contributed by atoms with Crippen molar-refractivity contribution in [2.24, 2.45) is 0 Å². The number of nitrogens with zero attached hydrogens (tertiary/aromatic N) is 1. The van der Waals surface area contributed by atoms with Crippen molar-refractivity contribution in [2.45, 2.75) is 9.64 Å². The van der Waals surface area contributed by atoms with Crippen LogP contribution in [0.4, 0.5) is 5.82 Å². The monoisotopic (exact) mass is 396 g/mol. The van der Waals surface area contributed by atoms with Crippen LogP contribution in [-0.2, 0) is 14.6 Å². The molecule has 28 heavy (non-hydrogen) atoms. The molecule has 1 unspecified atom stereocenters. The lowest BCUT2D eigenvalue weighted by atomic mass is 9.92. The molecule has 0 bridgehead atoms. The zero-order chi connectivity index (χ0) is 19.8. The third kappa shape index (κ3) is 2.54. The summed E-state index contributed by atoms with van der Waals surface area (Å²) in [5, 5.41) is 3.17. The van der Waals surface area contributed by atoms with Gasteiger partial charge in [-0.25, -0.2) is 13.4 Å². The van der Waals surface area contributed by atoms with Crippen LogP contribution in [0, 0.1) is 0 Å². The van der Waals surface area contributed by atoms with Crippen molar-refractivity contribution >= 4 is 15.7 Å². The Kier molecular flexibility index (Phi) is 4.47. The molecule has 0 radical (unpaired) electrons. The molecular formula is C21H20N2O4S. The first-order valence-corrected chi connectivity index (χ1v) is 10.2. The minimum Gasteiger partial charge on any atom is -0.493 e. The molecule has 1 aromatic heterocycles. The number of aromatic nitrogens is 1. The van der Waals surface area contributed by atoms with Crippen molar-refractivity contribution < 1.29 is 17.9 Å². The lowest BCUT2D eigenvalue weighted by Crippen LogP contribution is -2.39. The van der Waals surface area contributed by atoms with Crippen molar-refractivity contribution in [3.05, 3.63) is 78.0 Å². The smallest absolute Gasteiger partial charge is 0.194 e. The molecule has 2 heterocycles. The molecule has 1 atom stereocenters. The second-order valence-electron chi connectivity index (χ2n) is 6.47. The van der Waals surface area contributed by atoms with Gasteiger partial charge in [-0.15, -0.1) is 0 Å². The first-order chi connectivity index (χ1) is 13.5. The molecule has 144 valence electrons. The average molecular weight is 396 g/mol. The van der Waals surface area contributed by atoms with Crippen LogP contribution in [-0.4, -0.2) is 34.2 Å². The Hall–Kier alpha value is -3.06. The van der Waals surface area contributed by atoms with Crippen molar-refractivity contribution in [3.8, 4) is 11.5 Å². The molecule has 0 saturated heterocycles. The number of hydrogen-bond acceptors (Lipinski definition) is 6. The summed E-state index contributed by atoms with van der Waals surface area (Å²) in [7, 11) is -0.734. The normalized spacial score (nSPS) is 18.2. The van der Waals surface area contributed by atoms with Gasteiger partial charge >= 0.3 is 0 Å². The van der Waals surface area contributed by atoms with Crippen molar-refractivity contribution in [1.29, 1.82) is 0 Å². The molecule has 4 rings (SSSR count). The Bertz CT molecular complexity index is 1120. The van der Waals surface area contributed by atoms with E-state index < -0.39 is 14.6 Å². The number of fused-ring (bicyclic) bond motifs is 1. The molecule has 0 saturated carbocycles. The molecule has 1 N–H and O–H groups in total. The number of methoxy groups -OCH3 is 2. The summed E-state index contributed by atoms with van der Waals surface area (Å²) in [6.07, 6.45) is 1.64. The molecule has 7 heteroatoms. The van der Waals surface area contributed by atoms with E-state index in [1.165, 1.54) is 7.11 Å². The molecule has 2 aromatic carbocycles. The number of nitrogens with one attached hydrogen (secondary N) is 1. The van der Waals surface area contributed by atoms with E-state index in [4.69, 9.17) is 9.47 Å². The molecular weight excluding hydrogens is 376 g/mol. The average Bonchev–Trinajstić information content (AvgIpc) is 3.15. The van der Waals surface area contributed by atoms with Gasteiger partial charge in [0.2, 0.25) is 0 Å². The van der Waals surface area contributed by atoms with Crippen molar-refractivity contribution in [1.82, 2.24) is 4.98 Å². The van der Waals surface area contributed by atoms with Crippen LogP contribution in [0.2, 0.25) is 0 Å². The first-order valence-electron chi connectivity index (χ1n) is 8.76. The number of anilines is 1. The van der Waals surface area contributed by atoms with E-state index in [0.717, 1.165) is 0 Å². The number of sulfone groups is 1. The largest absolute Gasteiger partial charge is 0.493 e. The predicted octanol–water partition coefficient (Wildman–Crippen LogP) is 3.24. The van der Waals surface area contributed by atoms with Gasteiger partial charge in [-0.1, -0.05) is 30.3 Å².